The molecule has 0 bridgehead atoms. The number of hydrogen-bond acceptors (Lipinski definition) is 2. The molecule has 1 N–H and O–H groups in total. The van der Waals surface area contributed by atoms with E-state index < -0.39 is 0 Å². The van der Waals surface area contributed by atoms with E-state index in [1.807, 2.05) is 0 Å². The van der Waals surface area contributed by atoms with Gasteiger partial charge in [-0.25, -0.2) is 0 Å². The van der Waals surface area contributed by atoms with E-state index in [1.165, 1.54) is 55.5 Å². The molecular formula is C19H30N2. The van der Waals surface area contributed by atoms with Gasteiger partial charge in [0.25, 0.3) is 0 Å². The Balaban J connectivity index is 1.73. The van der Waals surface area contributed by atoms with Crippen LogP contribution < -0.4 is 10.2 Å². The lowest BCUT2D eigenvalue weighted by molar-refractivity contribution is 0.342. The molecule has 2 unspecified atom stereocenters. The molecule has 2 heteroatoms. The Morgan fingerprint density at radius 1 is 1.19 bits per heavy atom. The van der Waals surface area contributed by atoms with E-state index in [4.69, 9.17) is 0 Å². The van der Waals surface area contributed by atoms with Gasteiger partial charge in [0.1, 0.15) is 0 Å². The van der Waals surface area contributed by atoms with Crippen molar-refractivity contribution in [3.05, 3.63) is 29.3 Å². The van der Waals surface area contributed by atoms with Crippen LogP contribution in [0.3, 0.4) is 0 Å². The zero-order valence-electron chi connectivity index (χ0n) is 13.9. The van der Waals surface area contributed by atoms with Crippen molar-refractivity contribution in [3.63, 3.8) is 0 Å². The van der Waals surface area contributed by atoms with Gasteiger partial charge in [-0.1, -0.05) is 38.8 Å². The molecule has 2 atom stereocenters. The molecule has 1 aromatic carbocycles. The van der Waals surface area contributed by atoms with Crippen LogP contribution in [0.15, 0.2) is 18.2 Å². The average molecular weight is 286 g/mol. The number of rotatable bonds is 4. The SMILES string of the molecule is Cc1cc(CNC(C)C)ccc1N1CCC2CCCCC21. The summed E-state index contributed by atoms with van der Waals surface area (Å²) in [7, 11) is 0. The summed E-state index contributed by atoms with van der Waals surface area (Å²) in [6, 6.07) is 8.42. The largest absolute Gasteiger partial charge is 0.368 e. The molecule has 0 aromatic heterocycles. The summed E-state index contributed by atoms with van der Waals surface area (Å²) >= 11 is 0. The number of benzene rings is 1. The first-order chi connectivity index (χ1) is 10.1. The van der Waals surface area contributed by atoms with Gasteiger partial charge in [-0.3, -0.25) is 0 Å². The van der Waals surface area contributed by atoms with Gasteiger partial charge in [-0.05, 0) is 49.3 Å². The van der Waals surface area contributed by atoms with Crippen molar-refractivity contribution in [2.24, 2.45) is 5.92 Å². The standard InChI is InChI=1S/C19H30N2/c1-14(2)20-13-16-8-9-18(15(3)12-16)21-11-10-17-6-4-5-7-19(17)21/h8-9,12,14,17,19-20H,4-7,10-11,13H2,1-3H3. The lowest BCUT2D eigenvalue weighted by atomic mass is 9.85. The van der Waals surface area contributed by atoms with E-state index >= 15 is 0 Å². The summed E-state index contributed by atoms with van der Waals surface area (Å²) in [5.74, 6) is 0.959. The van der Waals surface area contributed by atoms with Gasteiger partial charge in [0.15, 0.2) is 0 Å². The van der Waals surface area contributed by atoms with Crippen LogP contribution in [0.1, 0.15) is 57.1 Å². The normalized spacial score (nSPS) is 25.4. The molecule has 2 aliphatic rings. The fourth-order valence-corrected chi connectivity index (χ4v) is 4.18. The first kappa shape index (κ1) is 14.9. The van der Waals surface area contributed by atoms with Crippen LogP contribution in [0.5, 0.6) is 0 Å². The first-order valence-corrected chi connectivity index (χ1v) is 8.74. The van der Waals surface area contributed by atoms with Crippen molar-refractivity contribution < 1.29 is 0 Å². The zero-order chi connectivity index (χ0) is 14.8. The Bertz CT molecular complexity index is 480. The Kier molecular flexibility index (Phi) is 4.54. The van der Waals surface area contributed by atoms with Crippen molar-refractivity contribution >= 4 is 5.69 Å². The highest BCUT2D eigenvalue weighted by Crippen LogP contribution is 2.39. The molecule has 1 aliphatic heterocycles. The lowest BCUT2D eigenvalue weighted by Crippen LogP contribution is -2.35. The molecule has 2 nitrogen and oxygen atoms in total. The summed E-state index contributed by atoms with van der Waals surface area (Å²) < 4.78 is 0. The first-order valence-electron chi connectivity index (χ1n) is 8.74. The van der Waals surface area contributed by atoms with Gasteiger partial charge in [0.2, 0.25) is 0 Å². The highest BCUT2D eigenvalue weighted by atomic mass is 15.2. The topological polar surface area (TPSA) is 15.3 Å². The number of hydrogen-bond donors (Lipinski definition) is 1. The highest BCUT2D eigenvalue weighted by molar-refractivity contribution is 5.56. The summed E-state index contributed by atoms with van der Waals surface area (Å²) in [6.07, 6.45) is 7.14. The van der Waals surface area contributed by atoms with E-state index in [0.717, 1.165) is 18.5 Å². The van der Waals surface area contributed by atoms with Crippen molar-refractivity contribution in [1.82, 2.24) is 5.32 Å². The van der Waals surface area contributed by atoms with E-state index in [-0.39, 0.29) is 0 Å². The fourth-order valence-electron chi connectivity index (χ4n) is 4.18. The van der Waals surface area contributed by atoms with Crippen molar-refractivity contribution in [2.75, 3.05) is 11.4 Å². The Morgan fingerprint density at radius 2 is 2.00 bits per heavy atom. The number of nitrogens with zero attached hydrogens (tertiary/aromatic N) is 1. The maximum Gasteiger partial charge on any atom is 0.0398 e. The number of nitrogens with one attached hydrogen (secondary N) is 1. The van der Waals surface area contributed by atoms with Gasteiger partial charge in [-0.2, -0.15) is 0 Å². The van der Waals surface area contributed by atoms with Gasteiger partial charge in [-0.15, -0.1) is 0 Å². The second-order valence-corrected chi connectivity index (χ2v) is 7.25. The van der Waals surface area contributed by atoms with Crippen LogP contribution >= 0.6 is 0 Å². The third-order valence-electron chi connectivity index (χ3n) is 5.30. The van der Waals surface area contributed by atoms with Gasteiger partial charge in [0.05, 0.1) is 0 Å². The molecule has 1 aromatic rings. The summed E-state index contributed by atoms with van der Waals surface area (Å²) in [5, 5.41) is 3.51. The zero-order valence-corrected chi connectivity index (χ0v) is 13.9. The fraction of sp³-hybridized carbons (Fsp3) is 0.684. The number of aryl methyl sites for hydroxylation is 1. The molecule has 1 saturated heterocycles. The molecule has 21 heavy (non-hydrogen) atoms. The molecule has 3 rings (SSSR count). The van der Waals surface area contributed by atoms with E-state index in [2.05, 4.69) is 49.2 Å². The molecule has 1 heterocycles. The number of anilines is 1. The number of fused-ring (bicyclic) bond motifs is 1. The predicted molar refractivity (Wildman–Crippen MR) is 90.9 cm³/mol. The summed E-state index contributed by atoms with van der Waals surface area (Å²) in [4.78, 5) is 2.71. The quantitative estimate of drug-likeness (QED) is 0.889. The van der Waals surface area contributed by atoms with Crippen LogP contribution in [-0.4, -0.2) is 18.6 Å². The second-order valence-electron chi connectivity index (χ2n) is 7.25. The highest BCUT2D eigenvalue weighted by Gasteiger charge is 2.36. The minimum atomic E-state index is 0.548. The maximum atomic E-state index is 3.51. The smallest absolute Gasteiger partial charge is 0.0398 e. The van der Waals surface area contributed by atoms with E-state index in [0.29, 0.717) is 6.04 Å². The van der Waals surface area contributed by atoms with Crippen molar-refractivity contribution in [2.45, 2.75) is 71.5 Å². The van der Waals surface area contributed by atoms with Gasteiger partial charge < -0.3 is 10.2 Å². The molecule has 1 saturated carbocycles. The average Bonchev–Trinajstić information content (AvgIpc) is 2.89. The predicted octanol–water partition coefficient (Wildman–Crippen LogP) is 4.26. The molecule has 116 valence electrons. The molecule has 0 radical (unpaired) electrons. The monoisotopic (exact) mass is 286 g/mol. The van der Waals surface area contributed by atoms with Crippen LogP contribution in [0.2, 0.25) is 0 Å². The Hall–Kier alpha value is -1.02. The minimum Gasteiger partial charge on any atom is -0.368 e. The third kappa shape index (κ3) is 3.26. The Labute approximate surface area is 129 Å². The van der Waals surface area contributed by atoms with Gasteiger partial charge >= 0.3 is 0 Å². The molecule has 0 amide bonds. The second kappa shape index (κ2) is 6.39. The van der Waals surface area contributed by atoms with E-state index in [1.54, 1.807) is 0 Å². The van der Waals surface area contributed by atoms with E-state index in [9.17, 15) is 0 Å². The molecule has 1 aliphatic carbocycles. The maximum absolute atomic E-state index is 3.51. The van der Waals surface area contributed by atoms with Gasteiger partial charge in [0, 0.05) is 30.9 Å². The molecule has 2 fully saturated rings. The summed E-state index contributed by atoms with van der Waals surface area (Å²) in [5.41, 5.74) is 4.34. The molecule has 0 spiro atoms. The van der Waals surface area contributed by atoms with Crippen LogP contribution in [0.25, 0.3) is 0 Å². The summed E-state index contributed by atoms with van der Waals surface area (Å²) in [6.45, 7) is 8.93. The lowest BCUT2D eigenvalue weighted by Gasteiger charge is -2.34. The minimum absolute atomic E-state index is 0.548. The molecular weight excluding hydrogens is 256 g/mol. The van der Waals surface area contributed by atoms with Crippen LogP contribution in [0.4, 0.5) is 5.69 Å². The Morgan fingerprint density at radius 3 is 2.76 bits per heavy atom. The van der Waals surface area contributed by atoms with Crippen molar-refractivity contribution in [1.29, 1.82) is 0 Å². The van der Waals surface area contributed by atoms with Crippen LogP contribution in [-0.2, 0) is 6.54 Å². The van der Waals surface area contributed by atoms with Crippen LogP contribution in [0, 0.1) is 12.8 Å². The third-order valence-corrected chi connectivity index (χ3v) is 5.30. The van der Waals surface area contributed by atoms with Crippen molar-refractivity contribution in [3.8, 4) is 0 Å².